The molecule has 0 saturated heterocycles. The lowest BCUT2D eigenvalue weighted by Gasteiger charge is -2.12. The van der Waals surface area contributed by atoms with Crippen molar-refractivity contribution in [3.05, 3.63) is 71.8 Å². The van der Waals surface area contributed by atoms with Crippen LogP contribution in [0.2, 0.25) is 0 Å². The molecule has 0 saturated carbocycles. The first-order chi connectivity index (χ1) is 10.2. The lowest BCUT2D eigenvalue weighted by molar-refractivity contribution is -0.504. The Balaban J connectivity index is 2.07. The summed E-state index contributed by atoms with van der Waals surface area (Å²) in [6.07, 6.45) is 2.09. The highest BCUT2D eigenvalue weighted by Crippen LogP contribution is 2.12. The number of benzene rings is 2. The van der Waals surface area contributed by atoms with Crippen LogP contribution < -0.4 is 10.3 Å². The normalized spacial score (nSPS) is 14.5. The van der Waals surface area contributed by atoms with Gasteiger partial charge in [0.1, 0.15) is 12.1 Å². The average Bonchev–Trinajstić information content (AvgIpc) is 2.55. The van der Waals surface area contributed by atoms with Crippen molar-refractivity contribution in [1.82, 2.24) is 5.32 Å². The van der Waals surface area contributed by atoms with Crippen LogP contribution in [0.4, 0.5) is 0 Å². The third-order valence-electron chi connectivity index (χ3n) is 3.50. The van der Waals surface area contributed by atoms with Crippen LogP contribution in [-0.4, -0.2) is 11.4 Å². The number of rotatable bonds is 4. The molecule has 2 aromatic rings. The van der Waals surface area contributed by atoms with Crippen molar-refractivity contribution >= 4 is 16.9 Å². The highest BCUT2D eigenvalue weighted by Gasteiger charge is 2.15. The Labute approximate surface area is 131 Å². The van der Waals surface area contributed by atoms with Gasteiger partial charge in [-0.2, -0.15) is 0 Å². The maximum absolute atomic E-state index is 3.55. The van der Waals surface area contributed by atoms with E-state index < -0.39 is 0 Å². The lowest BCUT2D eigenvalue weighted by atomic mass is 10.1. The number of nitrogens with one attached hydrogen (secondary N) is 2. The molecule has 2 N–H and O–H groups in total. The van der Waals surface area contributed by atoms with Gasteiger partial charge in [-0.25, -0.2) is 0 Å². The summed E-state index contributed by atoms with van der Waals surface area (Å²) in [5, 5.41) is 4.65. The molecule has 0 aliphatic heterocycles. The predicted octanol–water partition coefficient (Wildman–Crippen LogP) is 2.90. The maximum atomic E-state index is 3.55. The van der Waals surface area contributed by atoms with Crippen LogP contribution in [0.1, 0.15) is 37.1 Å². The van der Waals surface area contributed by atoms with Gasteiger partial charge >= 0.3 is 5.17 Å². The Bertz CT molecular complexity index is 566. The molecule has 0 bridgehead atoms. The second-order valence-electron chi connectivity index (χ2n) is 5.09. The monoisotopic (exact) mass is 299 g/mol. The fourth-order valence-corrected chi connectivity index (χ4v) is 2.79. The molecule has 110 valence electrons. The van der Waals surface area contributed by atoms with Gasteiger partial charge in [-0.15, -0.1) is 0 Å². The fourth-order valence-electron chi connectivity index (χ4n) is 2.20. The predicted molar refractivity (Wildman–Crippen MR) is 92.3 cm³/mol. The Morgan fingerprint density at radius 2 is 1.43 bits per heavy atom. The minimum atomic E-state index is 0.282. The molecular formula is C18H23N2S+. The van der Waals surface area contributed by atoms with Crippen LogP contribution in [0.5, 0.6) is 0 Å². The van der Waals surface area contributed by atoms with E-state index in [0.717, 1.165) is 5.17 Å². The third kappa shape index (κ3) is 4.64. The van der Waals surface area contributed by atoms with Crippen LogP contribution in [0.3, 0.4) is 0 Å². The molecule has 2 nitrogen and oxygen atoms in total. The number of amidine groups is 1. The molecule has 21 heavy (non-hydrogen) atoms. The van der Waals surface area contributed by atoms with Gasteiger partial charge < -0.3 is 0 Å². The quantitative estimate of drug-likeness (QED) is 0.670. The summed E-state index contributed by atoms with van der Waals surface area (Å²) >= 11 is 1.71. The second kappa shape index (κ2) is 7.89. The number of hydrogen-bond acceptors (Lipinski definition) is 1. The first kappa shape index (κ1) is 15.6. The fraction of sp³-hybridized carbons (Fsp3) is 0.278. The third-order valence-corrected chi connectivity index (χ3v) is 4.14. The highest BCUT2D eigenvalue weighted by molar-refractivity contribution is 8.12. The van der Waals surface area contributed by atoms with Crippen molar-refractivity contribution in [3.8, 4) is 0 Å². The van der Waals surface area contributed by atoms with E-state index in [-0.39, 0.29) is 12.1 Å². The summed E-state index contributed by atoms with van der Waals surface area (Å²) in [6.45, 7) is 4.36. The van der Waals surface area contributed by atoms with E-state index in [1.807, 2.05) is 12.1 Å². The summed E-state index contributed by atoms with van der Waals surface area (Å²) in [5.41, 5.74) is 2.58. The Morgan fingerprint density at radius 1 is 0.905 bits per heavy atom. The standard InChI is InChI=1S/C18H22N2S/c1-14(16-10-6-4-7-11-16)19-18(21-3)20-15(2)17-12-8-5-9-13-17/h4-15H,1-3H3,(H,19,20)/p+1/t14-,15-/m0/s1. The van der Waals surface area contributed by atoms with E-state index in [0.29, 0.717) is 0 Å². The van der Waals surface area contributed by atoms with Gasteiger partial charge in [0.25, 0.3) is 0 Å². The summed E-state index contributed by atoms with van der Waals surface area (Å²) in [6, 6.07) is 21.6. The van der Waals surface area contributed by atoms with Crippen LogP contribution in [0, 0.1) is 0 Å². The van der Waals surface area contributed by atoms with Crippen LogP contribution in [0.25, 0.3) is 0 Å². The molecule has 3 heteroatoms. The van der Waals surface area contributed by atoms with Crippen molar-refractivity contribution in [2.75, 3.05) is 6.26 Å². The van der Waals surface area contributed by atoms with Crippen molar-refractivity contribution in [2.45, 2.75) is 25.9 Å². The minimum Gasteiger partial charge on any atom is -0.262 e. The Kier molecular flexibility index (Phi) is 5.88. The molecule has 2 atom stereocenters. The molecule has 0 radical (unpaired) electrons. The van der Waals surface area contributed by atoms with Crippen molar-refractivity contribution < 1.29 is 4.99 Å². The van der Waals surface area contributed by atoms with E-state index >= 15 is 0 Å². The van der Waals surface area contributed by atoms with Crippen molar-refractivity contribution in [3.63, 3.8) is 0 Å². The molecular weight excluding hydrogens is 276 g/mol. The van der Waals surface area contributed by atoms with Gasteiger partial charge in [-0.05, 0) is 43.0 Å². The summed E-state index contributed by atoms with van der Waals surface area (Å²) in [4.78, 5) is 3.55. The van der Waals surface area contributed by atoms with Crippen molar-refractivity contribution in [2.24, 2.45) is 0 Å². The molecule has 0 fully saturated rings. The van der Waals surface area contributed by atoms with Crippen LogP contribution in [0.15, 0.2) is 60.7 Å². The SMILES string of the molecule is CSC(N[C@@H](C)c1ccccc1)=[NH+][C@@H](C)c1ccccc1. The molecule has 0 heterocycles. The Morgan fingerprint density at radius 3 is 1.95 bits per heavy atom. The smallest absolute Gasteiger partial charge is 0.262 e. The zero-order valence-corrected chi connectivity index (χ0v) is 13.7. The molecule has 0 amide bonds. The zero-order chi connectivity index (χ0) is 15.1. The minimum absolute atomic E-state index is 0.282. The molecule has 0 unspecified atom stereocenters. The average molecular weight is 299 g/mol. The number of thioether (sulfide) groups is 1. The van der Waals surface area contributed by atoms with Gasteiger partial charge in [-0.1, -0.05) is 60.7 Å². The van der Waals surface area contributed by atoms with Gasteiger partial charge in [-0.3, -0.25) is 10.3 Å². The zero-order valence-electron chi connectivity index (χ0n) is 12.8. The largest absolute Gasteiger partial charge is 0.304 e. The molecule has 2 aromatic carbocycles. The molecule has 2 rings (SSSR count). The molecule has 0 spiro atoms. The first-order valence-electron chi connectivity index (χ1n) is 7.24. The molecule has 0 aliphatic rings. The van der Waals surface area contributed by atoms with Gasteiger partial charge in [0.2, 0.25) is 0 Å². The van der Waals surface area contributed by atoms with Gasteiger partial charge in [0.15, 0.2) is 0 Å². The second-order valence-corrected chi connectivity index (χ2v) is 5.90. The first-order valence-corrected chi connectivity index (χ1v) is 8.47. The topological polar surface area (TPSA) is 26.0 Å². The highest BCUT2D eigenvalue weighted by atomic mass is 32.2. The van der Waals surface area contributed by atoms with E-state index in [9.17, 15) is 0 Å². The summed E-state index contributed by atoms with van der Waals surface area (Å²) in [5.74, 6) is 0. The maximum Gasteiger partial charge on any atom is 0.304 e. The Hall–Kier alpha value is -1.74. The van der Waals surface area contributed by atoms with Crippen LogP contribution >= 0.6 is 11.8 Å². The number of hydrogen-bond donors (Lipinski definition) is 2. The van der Waals surface area contributed by atoms with Crippen molar-refractivity contribution in [1.29, 1.82) is 0 Å². The summed E-state index contributed by atoms with van der Waals surface area (Å²) < 4.78 is 0. The van der Waals surface area contributed by atoms with E-state index in [1.165, 1.54) is 11.1 Å². The van der Waals surface area contributed by atoms with E-state index in [1.54, 1.807) is 11.8 Å². The van der Waals surface area contributed by atoms with Gasteiger partial charge in [0.05, 0.1) is 0 Å². The summed E-state index contributed by atoms with van der Waals surface area (Å²) in [7, 11) is 0. The molecule has 0 aliphatic carbocycles. The van der Waals surface area contributed by atoms with Crippen LogP contribution in [-0.2, 0) is 0 Å². The van der Waals surface area contributed by atoms with E-state index in [2.05, 4.69) is 78.9 Å². The van der Waals surface area contributed by atoms with E-state index in [4.69, 9.17) is 0 Å². The lowest BCUT2D eigenvalue weighted by Crippen LogP contribution is -2.75. The van der Waals surface area contributed by atoms with Gasteiger partial charge in [0, 0.05) is 0 Å². The molecule has 0 aromatic heterocycles.